The molecule has 0 bridgehead atoms. The van der Waals surface area contributed by atoms with Crippen LogP contribution in [0.2, 0.25) is 0 Å². The average molecular weight is 175 g/mol. The van der Waals surface area contributed by atoms with Crippen molar-refractivity contribution in [1.29, 1.82) is 0 Å². The van der Waals surface area contributed by atoms with Gasteiger partial charge in [0.15, 0.2) is 0 Å². The standard InChI is InChI=1S/C8H17NO3/c1-8(2,3)6(10)4-5(9)7(11)12/h5-6,10H,4,9H2,1-3H3,(H,11,12)/t5-,6+/m0/s1. The van der Waals surface area contributed by atoms with Gasteiger partial charge in [-0.15, -0.1) is 0 Å². The number of hydrogen-bond acceptors (Lipinski definition) is 3. The van der Waals surface area contributed by atoms with E-state index in [1.165, 1.54) is 0 Å². The van der Waals surface area contributed by atoms with Gasteiger partial charge in [-0.2, -0.15) is 0 Å². The van der Waals surface area contributed by atoms with E-state index in [1.807, 2.05) is 20.8 Å². The molecule has 0 radical (unpaired) electrons. The van der Waals surface area contributed by atoms with Gasteiger partial charge in [0.1, 0.15) is 6.04 Å². The smallest absolute Gasteiger partial charge is 0.320 e. The van der Waals surface area contributed by atoms with Crippen molar-refractivity contribution < 1.29 is 15.0 Å². The second kappa shape index (κ2) is 3.87. The van der Waals surface area contributed by atoms with Gasteiger partial charge < -0.3 is 15.9 Å². The molecule has 0 aliphatic carbocycles. The first-order valence-corrected chi connectivity index (χ1v) is 3.91. The highest BCUT2D eigenvalue weighted by Gasteiger charge is 2.26. The molecule has 0 aliphatic heterocycles. The van der Waals surface area contributed by atoms with E-state index >= 15 is 0 Å². The van der Waals surface area contributed by atoms with Crippen molar-refractivity contribution in [3.63, 3.8) is 0 Å². The van der Waals surface area contributed by atoms with Crippen LogP contribution >= 0.6 is 0 Å². The second-order valence-corrected chi connectivity index (χ2v) is 4.06. The minimum atomic E-state index is -1.07. The molecule has 0 amide bonds. The fourth-order valence-electron chi connectivity index (χ4n) is 0.695. The molecule has 0 aromatic heterocycles. The molecular weight excluding hydrogens is 158 g/mol. The summed E-state index contributed by atoms with van der Waals surface area (Å²) in [5.74, 6) is -1.07. The van der Waals surface area contributed by atoms with Crippen LogP contribution in [0, 0.1) is 5.41 Å². The van der Waals surface area contributed by atoms with Gasteiger partial charge in [0.05, 0.1) is 6.10 Å². The van der Waals surface area contributed by atoms with Crippen molar-refractivity contribution in [1.82, 2.24) is 0 Å². The predicted octanol–water partition coefficient (Wildman–Crippen LogP) is 0.195. The Bertz CT molecular complexity index is 162. The zero-order valence-corrected chi connectivity index (χ0v) is 7.74. The van der Waals surface area contributed by atoms with Crippen LogP contribution in [0.5, 0.6) is 0 Å². The van der Waals surface area contributed by atoms with Crippen LogP contribution in [-0.2, 0) is 4.79 Å². The summed E-state index contributed by atoms with van der Waals surface area (Å²) in [5, 5.41) is 17.9. The number of aliphatic hydroxyl groups excluding tert-OH is 1. The van der Waals surface area contributed by atoms with Gasteiger partial charge in [-0.1, -0.05) is 20.8 Å². The van der Waals surface area contributed by atoms with Crippen molar-refractivity contribution >= 4 is 5.97 Å². The van der Waals surface area contributed by atoms with E-state index < -0.39 is 18.1 Å². The fraction of sp³-hybridized carbons (Fsp3) is 0.875. The lowest BCUT2D eigenvalue weighted by Crippen LogP contribution is -2.38. The molecule has 0 aromatic rings. The zero-order valence-electron chi connectivity index (χ0n) is 7.74. The average Bonchev–Trinajstić information content (AvgIpc) is 1.85. The molecule has 12 heavy (non-hydrogen) atoms. The molecule has 0 aromatic carbocycles. The predicted molar refractivity (Wildman–Crippen MR) is 45.7 cm³/mol. The lowest BCUT2D eigenvalue weighted by Gasteiger charge is -2.26. The number of nitrogens with two attached hydrogens (primary N) is 1. The van der Waals surface area contributed by atoms with E-state index in [1.54, 1.807) is 0 Å². The molecule has 72 valence electrons. The molecule has 0 unspecified atom stereocenters. The Balaban J connectivity index is 4.01. The van der Waals surface area contributed by atoms with Gasteiger partial charge in [-0.05, 0) is 11.8 Å². The highest BCUT2D eigenvalue weighted by atomic mass is 16.4. The van der Waals surface area contributed by atoms with Crippen LogP contribution < -0.4 is 5.73 Å². The Labute approximate surface area is 72.4 Å². The maximum atomic E-state index is 10.3. The summed E-state index contributed by atoms with van der Waals surface area (Å²) in [4.78, 5) is 10.3. The Morgan fingerprint density at radius 1 is 1.50 bits per heavy atom. The Morgan fingerprint density at radius 3 is 2.17 bits per heavy atom. The number of rotatable bonds is 3. The normalized spacial score (nSPS) is 17.1. The molecule has 0 heterocycles. The molecule has 0 fully saturated rings. The van der Waals surface area contributed by atoms with E-state index in [9.17, 15) is 9.90 Å². The van der Waals surface area contributed by atoms with Crippen LogP contribution in [0.4, 0.5) is 0 Å². The van der Waals surface area contributed by atoms with E-state index in [-0.39, 0.29) is 11.8 Å². The van der Waals surface area contributed by atoms with E-state index in [0.717, 1.165) is 0 Å². The van der Waals surface area contributed by atoms with Crippen molar-refractivity contribution in [2.75, 3.05) is 0 Å². The van der Waals surface area contributed by atoms with Crippen LogP contribution in [-0.4, -0.2) is 28.3 Å². The van der Waals surface area contributed by atoms with Crippen molar-refractivity contribution in [3.8, 4) is 0 Å². The van der Waals surface area contributed by atoms with E-state index in [0.29, 0.717) is 0 Å². The Morgan fingerprint density at radius 2 is 1.92 bits per heavy atom. The molecule has 0 saturated heterocycles. The number of carboxylic acid groups (broad SMARTS) is 1. The summed E-state index contributed by atoms with van der Waals surface area (Å²) in [7, 11) is 0. The van der Waals surface area contributed by atoms with Gasteiger partial charge in [0.2, 0.25) is 0 Å². The fourth-order valence-corrected chi connectivity index (χ4v) is 0.695. The molecule has 0 rings (SSSR count). The first-order chi connectivity index (χ1) is 5.25. The van der Waals surface area contributed by atoms with Crippen LogP contribution in [0.25, 0.3) is 0 Å². The summed E-state index contributed by atoms with van der Waals surface area (Å²) in [6.07, 6.45) is -0.581. The summed E-state index contributed by atoms with van der Waals surface area (Å²) in [6, 6.07) is -0.973. The molecule has 0 saturated carbocycles. The molecule has 0 spiro atoms. The molecule has 0 aliphatic rings. The van der Waals surface area contributed by atoms with Crippen LogP contribution in [0.15, 0.2) is 0 Å². The van der Waals surface area contributed by atoms with E-state index in [2.05, 4.69) is 0 Å². The zero-order chi connectivity index (χ0) is 9.94. The minimum absolute atomic E-state index is 0.0961. The molecule has 2 atom stereocenters. The lowest BCUT2D eigenvalue weighted by atomic mass is 9.85. The SMILES string of the molecule is CC(C)(C)[C@H](O)C[C@H](N)C(=O)O. The number of carboxylic acids is 1. The number of hydrogen-bond donors (Lipinski definition) is 3. The highest BCUT2D eigenvalue weighted by Crippen LogP contribution is 2.22. The Kier molecular flexibility index (Phi) is 3.67. The van der Waals surface area contributed by atoms with Gasteiger partial charge in [0, 0.05) is 0 Å². The topological polar surface area (TPSA) is 83.5 Å². The lowest BCUT2D eigenvalue weighted by molar-refractivity contribution is -0.139. The van der Waals surface area contributed by atoms with Gasteiger partial charge in [-0.3, -0.25) is 4.79 Å². The highest BCUT2D eigenvalue weighted by molar-refractivity contribution is 5.73. The monoisotopic (exact) mass is 175 g/mol. The number of aliphatic hydroxyl groups is 1. The molecule has 4 nitrogen and oxygen atoms in total. The van der Waals surface area contributed by atoms with Gasteiger partial charge in [0.25, 0.3) is 0 Å². The largest absolute Gasteiger partial charge is 0.480 e. The summed E-state index contributed by atoms with van der Waals surface area (Å²) in [5.41, 5.74) is 4.94. The maximum absolute atomic E-state index is 10.3. The summed E-state index contributed by atoms with van der Waals surface area (Å²) >= 11 is 0. The molecular formula is C8H17NO3. The van der Waals surface area contributed by atoms with Crippen molar-refractivity contribution in [3.05, 3.63) is 0 Å². The van der Waals surface area contributed by atoms with Crippen molar-refractivity contribution in [2.45, 2.75) is 39.3 Å². The first kappa shape index (κ1) is 11.4. The van der Waals surface area contributed by atoms with Crippen LogP contribution in [0.3, 0.4) is 0 Å². The second-order valence-electron chi connectivity index (χ2n) is 4.06. The van der Waals surface area contributed by atoms with E-state index in [4.69, 9.17) is 10.8 Å². The van der Waals surface area contributed by atoms with Crippen molar-refractivity contribution in [2.24, 2.45) is 11.1 Å². The number of aliphatic carboxylic acids is 1. The third-order valence-electron chi connectivity index (χ3n) is 1.79. The molecule has 4 N–H and O–H groups in total. The first-order valence-electron chi connectivity index (χ1n) is 3.91. The summed E-state index contributed by atoms with van der Waals surface area (Å²) < 4.78 is 0. The summed E-state index contributed by atoms with van der Waals surface area (Å²) in [6.45, 7) is 5.52. The third-order valence-corrected chi connectivity index (χ3v) is 1.79. The molecule has 4 heteroatoms. The Hall–Kier alpha value is -0.610. The van der Waals surface area contributed by atoms with Gasteiger partial charge in [-0.25, -0.2) is 0 Å². The van der Waals surface area contributed by atoms with Gasteiger partial charge >= 0.3 is 5.97 Å². The number of carbonyl (C=O) groups is 1. The quantitative estimate of drug-likeness (QED) is 0.572. The van der Waals surface area contributed by atoms with Crippen LogP contribution in [0.1, 0.15) is 27.2 Å². The minimum Gasteiger partial charge on any atom is -0.480 e. The third kappa shape index (κ3) is 3.69. The maximum Gasteiger partial charge on any atom is 0.320 e.